The molecule has 0 aliphatic rings. The Morgan fingerprint density at radius 1 is 1.33 bits per heavy atom. The fourth-order valence-electron chi connectivity index (χ4n) is 2.01. The number of benzene rings is 1. The van der Waals surface area contributed by atoms with Crippen LogP contribution in [0.15, 0.2) is 35.0 Å². The van der Waals surface area contributed by atoms with Crippen molar-refractivity contribution in [3.8, 4) is 0 Å². The quantitative estimate of drug-likeness (QED) is 0.909. The summed E-state index contributed by atoms with van der Waals surface area (Å²) in [5, 5.41) is 12.7. The van der Waals surface area contributed by atoms with Crippen LogP contribution in [-0.2, 0) is 6.42 Å². The highest BCUT2D eigenvalue weighted by molar-refractivity contribution is 5.92. The molecule has 0 radical (unpaired) electrons. The molecule has 6 heteroatoms. The van der Waals surface area contributed by atoms with Gasteiger partial charge in [-0.05, 0) is 25.0 Å². The molecule has 1 aromatic heterocycles. The molecule has 21 heavy (non-hydrogen) atoms. The number of carboxylic acids is 1. The minimum atomic E-state index is -0.967. The molecule has 0 bridgehead atoms. The summed E-state index contributed by atoms with van der Waals surface area (Å²) < 4.78 is 4.93. The number of rotatable bonds is 5. The zero-order chi connectivity index (χ0) is 15.4. The zero-order valence-corrected chi connectivity index (χ0v) is 11.9. The van der Waals surface area contributed by atoms with Crippen molar-refractivity contribution < 1.29 is 19.2 Å². The summed E-state index contributed by atoms with van der Waals surface area (Å²) in [6, 6.07) is 6.77. The van der Waals surface area contributed by atoms with Gasteiger partial charge in [-0.2, -0.15) is 0 Å². The Hall–Kier alpha value is -2.63. The fourth-order valence-corrected chi connectivity index (χ4v) is 2.01. The van der Waals surface area contributed by atoms with Gasteiger partial charge < -0.3 is 14.5 Å². The number of carbonyl (C=O) groups excluding carboxylic acids is 1. The van der Waals surface area contributed by atoms with Gasteiger partial charge in [0.1, 0.15) is 0 Å². The Bertz CT molecular complexity index is 663. The Labute approximate surface area is 122 Å². The number of carboxylic acid groups (broad SMARTS) is 1. The number of likely N-dealkylation sites (N-methyl/N-ethyl adjacent to an activating group) is 1. The standard InChI is InChI=1S/C15H16N2O4/c1-10-9-16-21-13(10)14(18)17(2)8-7-11-5-3-4-6-12(11)15(19)20/h3-6,9H,7-8H2,1-2H3,(H,19,20). The van der Waals surface area contributed by atoms with E-state index in [2.05, 4.69) is 5.16 Å². The molecule has 0 aliphatic carbocycles. The van der Waals surface area contributed by atoms with Crippen molar-refractivity contribution in [3.05, 3.63) is 52.9 Å². The molecular formula is C15H16N2O4. The van der Waals surface area contributed by atoms with Gasteiger partial charge in [0.15, 0.2) is 0 Å². The van der Waals surface area contributed by atoms with Crippen molar-refractivity contribution in [2.75, 3.05) is 13.6 Å². The van der Waals surface area contributed by atoms with Crippen LogP contribution < -0.4 is 0 Å². The van der Waals surface area contributed by atoms with Crippen LogP contribution in [0.1, 0.15) is 32.0 Å². The van der Waals surface area contributed by atoms with E-state index in [1.54, 1.807) is 38.2 Å². The van der Waals surface area contributed by atoms with Crippen molar-refractivity contribution >= 4 is 11.9 Å². The third-order valence-corrected chi connectivity index (χ3v) is 3.25. The minimum absolute atomic E-state index is 0.212. The lowest BCUT2D eigenvalue weighted by atomic mass is 10.0. The van der Waals surface area contributed by atoms with Crippen LogP contribution in [-0.4, -0.2) is 40.6 Å². The van der Waals surface area contributed by atoms with E-state index in [0.29, 0.717) is 24.1 Å². The van der Waals surface area contributed by atoms with Crippen molar-refractivity contribution in [2.45, 2.75) is 13.3 Å². The molecule has 0 fully saturated rings. The lowest BCUT2D eigenvalue weighted by molar-refractivity contribution is 0.0695. The second-order valence-corrected chi connectivity index (χ2v) is 4.78. The third kappa shape index (κ3) is 3.28. The number of amides is 1. The minimum Gasteiger partial charge on any atom is -0.478 e. The van der Waals surface area contributed by atoms with Gasteiger partial charge in [-0.15, -0.1) is 0 Å². The highest BCUT2D eigenvalue weighted by atomic mass is 16.5. The number of hydrogen-bond donors (Lipinski definition) is 1. The summed E-state index contributed by atoms with van der Waals surface area (Å²) in [6.45, 7) is 2.14. The Kier molecular flexibility index (Phi) is 4.37. The predicted octanol–water partition coefficient (Wildman–Crippen LogP) is 2.00. The van der Waals surface area contributed by atoms with Crippen LogP contribution in [0.5, 0.6) is 0 Å². The molecule has 0 atom stereocenters. The van der Waals surface area contributed by atoms with Crippen LogP contribution in [0, 0.1) is 6.92 Å². The first kappa shape index (κ1) is 14.8. The van der Waals surface area contributed by atoms with E-state index >= 15 is 0 Å². The monoisotopic (exact) mass is 288 g/mol. The van der Waals surface area contributed by atoms with Crippen LogP contribution in [0.2, 0.25) is 0 Å². The maximum Gasteiger partial charge on any atom is 0.335 e. The molecule has 0 unspecified atom stereocenters. The topological polar surface area (TPSA) is 83.6 Å². The summed E-state index contributed by atoms with van der Waals surface area (Å²) >= 11 is 0. The fraction of sp³-hybridized carbons (Fsp3) is 0.267. The Morgan fingerprint density at radius 3 is 2.67 bits per heavy atom. The van der Waals surface area contributed by atoms with E-state index in [1.165, 1.54) is 11.1 Å². The van der Waals surface area contributed by atoms with E-state index < -0.39 is 5.97 Å². The zero-order valence-electron chi connectivity index (χ0n) is 11.9. The second kappa shape index (κ2) is 6.21. The average Bonchev–Trinajstić information content (AvgIpc) is 2.90. The highest BCUT2D eigenvalue weighted by Crippen LogP contribution is 2.12. The molecule has 0 saturated heterocycles. The van der Waals surface area contributed by atoms with Gasteiger partial charge in [-0.25, -0.2) is 4.79 Å². The maximum atomic E-state index is 12.1. The predicted molar refractivity (Wildman–Crippen MR) is 75.3 cm³/mol. The van der Waals surface area contributed by atoms with Gasteiger partial charge in [0.25, 0.3) is 5.91 Å². The number of hydrogen-bond acceptors (Lipinski definition) is 4. The lowest BCUT2D eigenvalue weighted by Crippen LogP contribution is -2.29. The first-order chi connectivity index (χ1) is 10.0. The molecule has 0 saturated carbocycles. The smallest absolute Gasteiger partial charge is 0.335 e. The van der Waals surface area contributed by atoms with Crippen LogP contribution in [0.4, 0.5) is 0 Å². The number of nitrogens with zero attached hydrogens (tertiary/aromatic N) is 2. The van der Waals surface area contributed by atoms with Crippen molar-refractivity contribution in [2.24, 2.45) is 0 Å². The summed E-state index contributed by atoms with van der Waals surface area (Å²) in [5.41, 5.74) is 1.63. The molecule has 1 N–H and O–H groups in total. The average molecular weight is 288 g/mol. The first-order valence-corrected chi connectivity index (χ1v) is 6.48. The van der Waals surface area contributed by atoms with Crippen molar-refractivity contribution in [1.82, 2.24) is 10.1 Å². The van der Waals surface area contributed by atoms with Crippen molar-refractivity contribution in [3.63, 3.8) is 0 Å². The summed E-state index contributed by atoms with van der Waals surface area (Å²) in [7, 11) is 1.65. The Morgan fingerprint density at radius 2 is 2.05 bits per heavy atom. The molecule has 1 amide bonds. The maximum absolute atomic E-state index is 12.1. The number of aryl methyl sites for hydroxylation is 1. The number of carbonyl (C=O) groups is 2. The SMILES string of the molecule is Cc1cnoc1C(=O)N(C)CCc1ccccc1C(=O)O. The summed E-state index contributed by atoms with van der Waals surface area (Å²) in [6.07, 6.45) is 1.94. The molecule has 0 aliphatic heterocycles. The van der Waals surface area contributed by atoms with Gasteiger partial charge in [0.2, 0.25) is 5.76 Å². The molecule has 6 nitrogen and oxygen atoms in total. The van der Waals surface area contributed by atoms with Crippen LogP contribution in [0.3, 0.4) is 0 Å². The molecule has 2 rings (SSSR count). The second-order valence-electron chi connectivity index (χ2n) is 4.78. The van der Waals surface area contributed by atoms with E-state index in [9.17, 15) is 9.59 Å². The van der Waals surface area contributed by atoms with E-state index in [1.807, 2.05) is 0 Å². The molecule has 1 aromatic carbocycles. The highest BCUT2D eigenvalue weighted by Gasteiger charge is 2.19. The van der Waals surface area contributed by atoms with Crippen molar-refractivity contribution in [1.29, 1.82) is 0 Å². The van der Waals surface area contributed by atoms with E-state index in [-0.39, 0.29) is 17.2 Å². The number of aromatic nitrogens is 1. The van der Waals surface area contributed by atoms with Crippen LogP contribution in [0.25, 0.3) is 0 Å². The van der Waals surface area contributed by atoms with Gasteiger partial charge >= 0.3 is 5.97 Å². The normalized spacial score (nSPS) is 10.4. The van der Waals surface area contributed by atoms with E-state index in [0.717, 1.165) is 0 Å². The summed E-state index contributed by atoms with van der Waals surface area (Å²) in [4.78, 5) is 24.8. The largest absolute Gasteiger partial charge is 0.478 e. The third-order valence-electron chi connectivity index (χ3n) is 3.25. The summed E-state index contributed by atoms with van der Waals surface area (Å²) in [5.74, 6) is -1.02. The number of aromatic carboxylic acids is 1. The molecule has 2 aromatic rings. The molecule has 0 spiro atoms. The first-order valence-electron chi connectivity index (χ1n) is 6.48. The Balaban J connectivity index is 2.05. The van der Waals surface area contributed by atoms with Gasteiger partial charge in [-0.1, -0.05) is 23.4 Å². The molecule has 110 valence electrons. The molecule has 1 heterocycles. The lowest BCUT2D eigenvalue weighted by Gasteiger charge is -2.16. The van der Waals surface area contributed by atoms with Gasteiger partial charge in [-0.3, -0.25) is 4.79 Å². The van der Waals surface area contributed by atoms with Crippen LogP contribution >= 0.6 is 0 Å². The molecular weight excluding hydrogens is 272 g/mol. The van der Waals surface area contributed by atoms with Gasteiger partial charge in [0.05, 0.1) is 11.8 Å². The van der Waals surface area contributed by atoms with E-state index in [4.69, 9.17) is 9.63 Å². The van der Waals surface area contributed by atoms with Gasteiger partial charge in [0, 0.05) is 19.2 Å².